The van der Waals surface area contributed by atoms with Gasteiger partial charge in [0.2, 0.25) is 0 Å². The van der Waals surface area contributed by atoms with Crippen molar-refractivity contribution in [3.63, 3.8) is 0 Å². The molecule has 0 aliphatic heterocycles. The van der Waals surface area contributed by atoms with Gasteiger partial charge in [-0.25, -0.2) is 4.99 Å². The van der Waals surface area contributed by atoms with Gasteiger partial charge in [0.15, 0.2) is 11.8 Å². The van der Waals surface area contributed by atoms with Crippen LogP contribution in [0.1, 0.15) is 22.9 Å². The molecule has 0 unspecified atom stereocenters. The molecule has 2 N–H and O–H groups in total. The minimum atomic E-state index is 0. The molecule has 0 saturated heterocycles. The van der Waals surface area contributed by atoms with E-state index in [1.54, 1.807) is 11.3 Å². The molecule has 4 aromatic rings. The molecule has 0 atom stereocenters. The van der Waals surface area contributed by atoms with Crippen LogP contribution in [0.25, 0.3) is 10.9 Å². The predicted octanol–water partition coefficient (Wildman–Crippen LogP) is 4.13. The molecule has 0 spiro atoms. The van der Waals surface area contributed by atoms with Crippen molar-refractivity contribution in [1.29, 1.82) is 0 Å². The molecular weight excluding hydrogens is 533 g/mol. The first kappa shape index (κ1) is 24.2. The summed E-state index contributed by atoms with van der Waals surface area (Å²) in [5, 5.41) is 18.7. The number of guanidine groups is 1. The molecule has 9 heteroatoms. The number of aryl methyl sites for hydroxylation is 2. The van der Waals surface area contributed by atoms with Crippen LogP contribution >= 0.6 is 35.3 Å². The summed E-state index contributed by atoms with van der Waals surface area (Å²) in [6.45, 7) is 5.09. The lowest BCUT2D eigenvalue weighted by molar-refractivity contribution is 0.638. The molecule has 4 rings (SSSR count). The van der Waals surface area contributed by atoms with Crippen molar-refractivity contribution < 1.29 is 0 Å². The van der Waals surface area contributed by atoms with Gasteiger partial charge in [-0.15, -0.1) is 45.5 Å². The molecule has 0 bridgehead atoms. The number of benzene rings is 1. The van der Waals surface area contributed by atoms with Crippen molar-refractivity contribution in [3.05, 3.63) is 70.6 Å². The minimum absolute atomic E-state index is 0. The van der Waals surface area contributed by atoms with Crippen molar-refractivity contribution in [2.75, 3.05) is 13.1 Å². The monoisotopic (exact) mass is 563 g/mol. The van der Waals surface area contributed by atoms with Crippen LogP contribution in [0, 0.1) is 6.92 Å². The number of para-hydroxylation sites is 1. The lowest BCUT2D eigenvalue weighted by Gasteiger charge is -2.13. The topological polar surface area (TPSA) is 72.1 Å². The molecule has 0 radical (unpaired) electrons. The maximum Gasteiger partial charge on any atom is 0.191 e. The van der Waals surface area contributed by atoms with Crippen LogP contribution in [-0.4, -0.2) is 38.4 Å². The third kappa shape index (κ3) is 6.32. The van der Waals surface area contributed by atoms with Gasteiger partial charge in [0.1, 0.15) is 12.4 Å². The van der Waals surface area contributed by atoms with Gasteiger partial charge < -0.3 is 19.8 Å². The number of fused-ring (bicyclic) bond motifs is 1. The smallest absolute Gasteiger partial charge is 0.191 e. The van der Waals surface area contributed by atoms with E-state index in [2.05, 4.69) is 79.4 Å². The molecule has 0 fully saturated rings. The quantitative estimate of drug-likeness (QED) is 0.139. The molecule has 0 saturated carbocycles. The third-order valence-corrected chi connectivity index (χ3v) is 6.29. The highest BCUT2D eigenvalue weighted by Gasteiger charge is 2.06. The zero-order valence-electron chi connectivity index (χ0n) is 18.5. The van der Waals surface area contributed by atoms with Crippen LogP contribution in [0.5, 0.6) is 0 Å². The fourth-order valence-corrected chi connectivity index (χ4v) is 4.17. The molecule has 0 aliphatic rings. The van der Waals surface area contributed by atoms with Crippen LogP contribution in [-0.2, 0) is 26.6 Å². The summed E-state index contributed by atoms with van der Waals surface area (Å²) in [7, 11) is 1.97. The van der Waals surface area contributed by atoms with Crippen molar-refractivity contribution in [2.24, 2.45) is 12.0 Å². The number of aromatic nitrogens is 4. The number of hydrogen-bond donors (Lipinski definition) is 2. The SMILES string of the molecule is Cc1nnc(CN=C(NCCCn2ccc3ccccc32)NCCc2cccs2)n1C.I. The van der Waals surface area contributed by atoms with Gasteiger partial charge in [-0.05, 0) is 48.7 Å². The Balaban J connectivity index is 0.00000289. The van der Waals surface area contributed by atoms with E-state index in [-0.39, 0.29) is 24.0 Å². The van der Waals surface area contributed by atoms with Crippen molar-refractivity contribution in [2.45, 2.75) is 32.9 Å². The molecule has 0 amide bonds. The summed E-state index contributed by atoms with van der Waals surface area (Å²) in [5.74, 6) is 2.56. The molecule has 7 nitrogen and oxygen atoms in total. The second-order valence-corrected chi connectivity index (χ2v) is 8.52. The lowest BCUT2D eigenvalue weighted by atomic mass is 10.2. The van der Waals surface area contributed by atoms with E-state index >= 15 is 0 Å². The zero-order chi connectivity index (χ0) is 21.5. The highest BCUT2D eigenvalue weighted by atomic mass is 127. The van der Waals surface area contributed by atoms with Gasteiger partial charge >= 0.3 is 0 Å². The van der Waals surface area contributed by atoms with Crippen LogP contribution in [0.3, 0.4) is 0 Å². The first-order chi connectivity index (χ1) is 15.2. The Morgan fingerprint density at radius 1 is 1.06 bits per heavy atom. The minimum Gasteiger partial charge on any atom is -0.356 e. The van der Waals surface area contributed by atoms with Crippen molar-refractivity contribution in [3.8, 4) is 0 Å². The van der Waals surface area contributed by atoms with E-state index in [0.717, 1.165) is 50.1 Å². The van der Waals surface area contributed by atoms with Crippen molar-refractivity contribution >= 4 is 52.2 Å². The molecule has 1 aromatic carbocycles. The third-order valence-electron chi connectivity index (χ3n) is 5.35. The van der Waals surface area contributed by atoms with E-state index in [1.807, 2.05) is 18.5 Å². The van der Waals surface area contributed by atoms with E-state index in [4.69, 9.17) is 4.99 Å². The maximum atomic E-state index is 4.74. The Bertz CT molecular complexity index is 1130. The Hall–Kier alpha value is -2.40. The predicted molar refractivity (Wildman–Crippen MR) is 143 cm³/mol. The molecule has 170 valence electrons. The van der Waals surface area contributed by atoms with Gasteiger partial charge in [-0.1, -0.05) is 24.3 Å². The summed E-state index contributed by atoms with van der Waals surface area (Å²) in [6, 6.07) is 14.9. The van der Waals surface area contributed by atoms with Crippen molar-refractivity contribution in [1.82, 2.24) is 30.0 Å². The van der Waals surface area contributed by atoms with Gasteiger partial charge in [-0.2, -0.15) is 0 Å². The number of nitrogens with one attached hydrogen (secondary N) is 2. The number of thiophene rings is 1. The van der Waals surface area contributed by atoms with Crippen LogP contribution in [0.15, 0.2) is 59.0 Å². The summed E-state index contributed by atoms with van der Waals surface area (Å²) >= 11 is 1.79. The highest BCUT2D eigenvalue weighted by Crippen LogP contribution is 2.15. The number of rotatable bonds is 9. The standard InChI is InChI=1S/C23H29N7S.HI/c1-18-27-28-22(29(18)2)17-26-23(25-13-10-20-8-5-16-31-20)24-12-6-14-30-15-11-19-7-3-4-9-21(19)30;/h3-5,7-9,11,15-16H,6,10,12-14,17H2,1-2H3,(H2,24,25,26);1H. The van der Waals surface area contributed by atoms with Gasteiger partial charge in [0.05, 0.1) is 0 Å². The average molecular weight is 564 g/mol. The van der Waals surface area contributed by atoms with E-state index in [1.165, 1.54) is 15.8 Å². The largest absolute Gasteiger partial charge is 0.356 e. The Morgan fingerprint density at radius 2 is 1.91 bits per heavy atom. The Kier molecular flexibility index (Phi) is 9.10. The maximum absolute atomic E-state index is 4.74. The average Bonchev–Trinajstić information content (AvgIpc) is 3.52. The fraction of sp³-hybridized carbons (Fsp3) is 0.348. The molecule has 0 aliphatic carbocycles. The van der Waals surface area contributed by atoms with E-state index < -0.39 is 0 Å². The van der Waals surface area contributed by atoms with Crippen LogP contribution < -0.4 is 10.6 Å². The summed E-state index contributed by atoms with van der Waals surface area (Å²) in [4.78, 5) is 6.11. The second-order valence-electron chi connectivity index (χ2n) is 7.49. The number of hydrogen-bond acceptors (Lipinski definition) is 4. The number of nitrogens with zero attached hydrogens (tertiary/aromatic N) is 5. The molecule has 32 heavy (non-hydrogen) atoms. The first-order valence-corrected chi connectivity index (χ1v) is 11.5. The highest BCUT2D eigenvalue weighted by molar-refractivity contribution is 14.0. The van der Waals surface area contributed by atoms with E-state index in [0.29, 0.717) is 6.54 Å². The summed E-state index contributed by atoms with van der Waals surface area (Å²) < 4.78 is 4.28. The molecule has 3 aromatic heterocycles. The second kappa shape index (κ2) is 12.0. The normalized spacial score (nSPS) is 11.5. The lowest BCUT2D eigenvalue weighted by Crippen LogP contribution is -2.39. The molecular formula is C23H30IN7S. The van der Waals surface area contributed by atoms with Gasteiger partial charge in [0.25, 0.3) is 0 Å². The first-order valence-electron chi connectivity index (χ1n) is 10.6. The zero-order valence-corrected chi connectivity index (χ0v) is 21.6. The van der Waals surface area contributed by atoms with Gasteiger partial charge in [0, 0.05) is 43.3 Å². The van der Waals surface area contributed by atoms with Crippen LogP contribution in [0.4, 0.5) is 0 Å². The summed E-state index contributed by atoms with van der Waals surface area (Å²) in [6.07, 6.45) is 4.15. The van der Waals surface area contributed by atoms with Crippen LogP contribution in [0.2, 0.25) is 0 Å². The number of aliphatic imine (C=N–C) groups is 1. The van der Waals surface area contributed by atoms with E-state index in [9.17, 15) is 0 Å². The Labute approximate surface area is 210 Å². The summed E-state index contributed by atoms with van der Waals surface area (Å²) in [5.41, 5.74) is 1.28. The number of halogens is 1. The fourth-order valence-electron chi connectivity index (χ4n) is 3.46. The Morgan fingerprint density at radius 3 is 2.69 bits per heavy atom. The molecule has 3 heterocycles. The van der Waals surface area contributed by atoms with Gasteiger partial charge in [-0.3, -0.25) is 0 Å².